The van der Waals surface area contributed by atoms with Crippen molar-refractivity contribution in [3.8, 4) is 0 Å². The molecule has 1 N–H and O–H groups in total. The molecule has 30 heavy (non-hydrogen) atoms. The Balaban J connectivity index is 1.19. The maximum Gasteiger partial charge on any atom is 0.252 e. The Morgan fingerprint density at radius 3 is 2.63 bits per heavy atom. The molecule has 156 valence electrons. The lowest BCUT2D eigenvalue weighted by Gasteiger charge is -2.27. The van der Waals surface area contributed by atoms with Gasteiger partial charge in [-0.05, 0) is 105 Å². The monoisotopic (exact) mass is 404 g/mol. The number of aromatic nitrogens is 1. The SMILES string of the molecule is O=C(NC1(c2ccc3c(n2)CCCC3C2CC2CC2CC2)CC1)c1ccc(F)cc1. The van der Waals surface area contributed by atoms with Gasteiger partial charge in [0, 0.05) is 11.3 Å². The zero-order valence-electron chi connectivity index (χ0n) is 17.4. The first-order valence-electron chi connectivity index (χ1n) is 11.7. The van der Waals surface area contributed by atoms with E-state index in [9.17, 15) is 9.18 Å². The lowest BCUT2D eigenvalue weighted by molar-refractivity contribution is 0.0929. The fourth-order valence-electron chi connectivity index (χ4n) is 5.68. The second-order valence-electron chi connectivity index (χ2n) is 10.1. The van der Waals surface area contributed by atoms with Gasteiger partial charge in [0.1, 0.15) is 5.82 Å². The highest BCUT2D eigenvalue weighted by Gasteiger charge is 2.49. The largest absolute Gasteiger partial charge is 0.341 e. The first kappa shape index (κ1) is 18.5. The van der Waals surface area contributed by atoms with Crippen LogP contribution in [0.2, 0.25) is 0 Å². The minimum atomic E-state index is -0.346. The molecule has 4 aliphatic rings. The number of nitrogens with one attached hydrogen (secondary N) is 1. The summed E-state index contributed by atoms with van der Waals surface area (Å²) < 4.78 is 13.2. The molecule has 3 atom stereocenters. The van der Waals surface area contributed by atoms with E-state index in [1.807, 2.05) is 0 Å². The first-order valence-corrected chi connectivity index (χ1v) is 11.7. The molecule has 0 spiro atoms. The highest BCUT2D eigenvalue weighted by Crippen LogP contribution is 2.57. The molecule has 4 aliphatic carbocycles. The number of hydrogen-bond acceptors (Lipinski definition) is 2. The topological polar surface area (TPSA) is 42.0 Å². The quantitative estimate of drug-likeness (QED) is 0.691. The smallest absolute Gasteiger partial charge is 0.252 e. The van der Waals surface area contributed by atoms with Gasteiger partial charge in [0.25, 0.3) is 5.91 Å². The van der Waals surface area contributed by atoms with E-state index in [4.69, 9.17) is 4.98 Å². The van der Waals surface area contributed by atoms with E-state index in [1.165, 1.54) is 61.9 Å². The number of carbonyl (C=O) groups is 1. The molecule has 1 aromatic heterocycles. The first-order chi connectivity index (χ1) is 14.6. The van der Waals surface area contributed by atoms with Gasteiger partial charge in [0.15, 0.2) is 0 Å². The minimum Gasteiger partial charge on any atom is -0.341 e. The van der Waals surface area contributed by atoms with Crippen LogP contribution >= 0.6 is 0 Å². The number of carbonyl (C=O) groups excluding carboxylic acids is 1. The van der Waals surface area contributed by atoms with Gasteiger partial charge in [0.05, 0.1) is 11.2 Å². The van der Waals surface area contributed by atoms with Crippen LogP contribution in [0.25, 0.3) is 0 Å². The molecule has 0 radical (unpaired) electrons. The fourth-order valence-corrected chi connectivity index (χ4v) is 5.68. The molecule has 0 aliphatic heterocycles. The van der Waals surface area contributed by atoms with E-state index in [0.717, 1.165) is 42.7 Å². The molecule has 3 fully saturated rings. The zero-order chi connectivity index (χ0) is 20.3. The van der Waals surface area contributed by atoms with Crippen LogP contribution in [0.1, 0.15) is 84.6 Å². The van der Waals surface area contributed by atoms with Crippen molar-refractivity contribution in [3.63, 3.8) is 0 Å². The van der Waals surface area contributed by atoms with Gasteiger partial charge in [0.2, 0.25) is 0 Å². The zero-order valence-corrected chi connectivity index (χ0v) is 17.4. The van der Waals surface area contributed by atoms with Gasteiger partial charge in [-0.1, -0.05) is 18.9 Å². The van der Waals surface area contributed by atoms with Gasteiger partial charge in [-0.2, -0.15) is 0 Å². The Morgan fingerprint density at radius 1 is 1.10 bits per heavy atom. The Hall–Kier alpha value is -2.23. The number of aryl methyl sites for hydroxylation is 1. The van der Waals surface area contributed by atoms with Crippen molar-refractivity contribution in [2.45, 2.75) is 69.2 Å². The summed E-state index contributed by atoms with van der Waals surface area (Å²) in [6, 6.07) is 10.2. The van der Waals surface area contributed by atoms with Gasteiger partial charge >= 0.3 is 0 Å². The summed E-state index contributed by atoms with van der Waals surface area (Å²) in [6.07, 6.45) is 11.2. The Bertz CT molecular complexity index is 977. The number of pyridine rings is 1. The van der Waals surface area contributed by atoms with E-state index in [-0.39, 0.29) is 17.3 Å². The molecule has 1 heterocycles. The summed E-state index contributed by atoms with van der Waals surface area (Å²) in [6.45, 7) is 0. The number of amides is 1. The number of hydrogen-bond donors (Lipinski definition) is 1. The van der Waals surface area contributed by atoms with E-state index >= 15 is 0 Å². The third kappa shape index (κ3) is 3.44. The molecule has 4 heteroatoms. The van der Waals surface area contributed by atoms with Gasteiger partial charge in [-0.3, -0.25) is 9.78 Å². The number of fused-ring (bicyclic) bond motifs is 1. The summed E-state index contributed by atoms with van der Waals surface area (Å²) in [4.78, 5) is 17.8. The van der Waals surface area contributed by atoms with Crippen LogP contribution in [-0.4, -0.2) is 10.9 Å². The molecule has 3 saturated carbocycles. The Kier molecular flexibility index (Phi) is 4.26. The average Bonchev–Trinajstić information content (AvgIpc) is 3.63. The minimum absolute atomic E-state index is 0.147. The Morgan fingerprint density at radius 2 is 1.90 bits per heavy atom. The van der Waals surface area contributed by atoms with Crippen molar-refractivity contribution in [2.75, 3.05) is 0 Å². The standard InChI is InChI=1S/C26H29FN2O/c27-19-8-6-17(7-9-19)25(30)29-26(12-13-26)24-11-10-21-20(2-1-3-23(21)28-24)22-15-18(22)14-16-4-5-16/h6-11,16,18,20,22H,1-5,12-15H2,(H,29,30). The molecule has 0 saturated heterocycles. The van der Waals surface area contributed by atoms with E-state index in [0.29, 0.717) is 11.5 Å². The third-order valence-electron chi connectivity index (χ3n) is 7.86. The Labute approximate surface area is 177 Å². The van der Waals surface area contributed by atoms with E-state index < -0.39 is 0 Å². The van der Waals surface area contributed by atoms with Crippen LogP contribution in [0.4, 0.5) is 4.39 Å². The van der Waals surface area contributed by atoms with Crippen molar-refractivity contribution in [3.05, 3.63) is 64.7 Å². The van der Waals surface area contributed by atoms with Crippen LogP contribution in [0, 0.1) is 23.6 Å². The van der Waals surface area contributed by atoms with E-state index in [1.54, 1.807) is 12.1 Å². The second-order valence-corrected chi connectivity index (χ2v) is 10.1. The normalized spacial score (nSPS) is 28.5. The van der Waals surface area contributed by atoms with Crippen LogP contribution in [-0.2, 0) is 12.0 Å². The van der Waals surface area contributed by atoms with Crippen molar-refractivity contribution in [1.82, 2.24) is 10.3 Å². The summed E-state index contributed by atoms with van der Waals surface area (Å²) >= 11 is 0. The van der Waals surface area contributed by atoms with Crippen LogP contribution < -0.4 is 5.32 Å². The fraction of sp³-hybridized carbons (Fsp3) is 0.538. The maximum atomic E-state index is 13.2. The maximum absolute atomic E-state index is 13.2. The summed E-state index contributed by atoms with van der Waals surface area (Å²) in [5, 5.41) is 3.18. The van der Waals surface area contributed by atoms with Gasteiger partial charge in [-0.15, -0.1) is 0 Å². The number of halogens is 1. The molecule has 1 amide bonds. The highest BCUT2D eigenvalue weighted by atomic mass is 19.1. The predicted octanol–water partition coefficient (Wildman–Crippen LogP) is 5.50. The van der Waals surface area contributed by atoms with Crippen LogP contribution in [0.3, 0.4) is 0 Å². The molecular weight excluding hydrogens is 375 g/mol. The van der Waals surface area contributed by atoms with Crippen LogP contribution in [0.5, 0.6) is 0 Å². The molecule has 3 unspecified atom stereocenters. The van der Waals surface area contributed by atoms with Crippen molar-refractivity contribution >= 4 is 5.91 Å². The van der Waals surface area contributed by atoms with Crippen molar-refractivity contribution < 1.29 is 9.18 Å². The van der Waals surface area contributed by atoms with Crippen molar-refractivity contribution in [1.29, 1.82) is 0 Å². The number of rotatable bonds is 6. The third-order valence-corrected chi connectivity index (χ3v) is 7.86. The second kappa shape index (κ2) is 6.90. The molecule has 1 aromatic carbocycles. The number of benzene rings is 1. The summed E-state index contributed by atoms with van der Waals surface area (Å²) in [5.41, 5.74) is 3.90. The molecule has 6 rings (SSSR count). The molecular formula is C26H29FN2O. The number of nitrogens with zero attached hydrogens (tertiary/aromatic N) is 1. The predicted molar refractivity (Wildman–Crippen MR) is 114 cm³/mol. The van der Waals surface area contributed by atoms with E-state index in [2.05, 4.69) is 17.4 Å². The summed E-state index contributed by atoms with van der Waals surface area (Å²) in [5.74, 6) is 3.09. The van der Waals surface area contributed by atoms with Crippen LogP contribution in [0.15, 0.2) is 36.4 Å². The van der Waals surface area contributed by atoms with Crippen molar-refractivity contribution in [2.24, 2.45) is 17.8 Å². The molecule has 2 aromatic rings. The van der Waals surface area contributed by atoms with Gasteiger partial charge < -0.3 is 5.32 Å². The molecule has 0 bridgehead atoms. The molecule has 3 nitrogen and oxygen atoms in total. The average molecular weight is 405 g/mol. The lowest BCUT2D eigenvalue weighted by Crippen LogP contribution is -2.36. The highest BCUT2D eigenvalue weighted by molar-refractivity contribution is 5.95. The summed E-state index contributed by atoms with van der Waals surface area (Å²) in [7, 11) is 0. The lowest BCUT2D eigenvalue weighted by atomic mass is 9.81. The van der Waals surface area contributed by atoms with Gasteiger partial charge in [-0.25, -0.2) is 4.39 Å².